The van der Waals surface area contributed by atoms with Crippen LogP contribution in [-0.2, 0) is 14.3 Å². The maximum atomic E-state index is 13.5. The van der Waals surface area contributed by atoms with Crippen molar-refractivity contribution in [2.75, 3.05) is 13.1 Å². The highest BCUT2D eigenvalue weighted by atomic mass is 16.6. The minimum atomic E-state index is -0.839. The molecular formula is C26H43N3O4. The van der Waals surface area contributed by atoms with Gasteiger partial charge in [0.1, 0.15) is 17.7 Å². The summed E-state index contributed by atoms with van der Waals surface area (Å²) >= 11 is 0. The first-order valence-corrected chi connectivity index (χ1v) is 12.1. The van der Waals surface area contributed by atoms with Crippen molar-refractivity contribution in [3.63, 3.8) is 0 Å². The van der Waals surface area contributed by atoms with Gasteiger partial charge >= 0.3 is 6.09 Å². The first-order valence-electron chi connectivity index (χ1n) is 12.1. The van der Waals surface area contributed by atoms with Crippen molar-refractivity contribution in [3.05, 3.63) is 34.9 Å². The van der Waals surface area contributed by atoms with Gasteiger partial charge in [-0.25, -0.2) is 4.79 Å². The normalized spacial score (nSPS) is 13.1. The van der Waals surface area contributed by atoms with Crippen molar-refractivity contribution in [1.82, 2.24) is 15.5 Å². The van der Waals surface area contributed by atoms with E-state index < -0.39 is 23.8 Å². The molecule has 0 aromatic heterocycles. The van der Waals surface area contributed by atoms with Crippen molar-refractivity contribution >= 4 is 17.9 Å². The van der Waals surface area contributed by atoms with E-state index in [-0.39, 0.29) is 11.8 Å². The van der Waals surface area contributed by atoms with Gasteiger partial charge in [0.15, 0.2) is 0 Å². The molecule has 3 amide bonds. The van der Waals surface area contributed by atoms with Crippen LogP contribution in [0.3, 0.4) is 0 Å². The molecule has 0 bridgehead atoms. The van der Waals surface area contributed by atoms with Crippen LogP contribution in [0.2, 0.25) is 0 Å². The van der Waals surface area contributed by atoms with E-state index in [4.69, 9.17) is 4.74 Å². The zero-order chi connectivity index (χ0) is 25.2. The van der Waals surface area contributed by atoms with E-state index in [1.165, 1.54) is 0 Å². The average Bonchev–Trinajstić information content (AvgIpc) is 2.68. The van der Waals surface area contributed by atoms with Gasteiger partial charge in [0.25, 0.3) is 0 Å². The lowest BCUT2D eigenvalue weighted by Gasteiger charge is -2.34. The van der Waals surface area contributed by atoms with Crippen LogP contribution in [0, 0.1) is 13.8 Å². The quantitative estimate of drug-likeness (QED) is 0.463. The SMILES string of the molecule is CCCCNC(=O)C(c1cc(C)cc(C)c1)N(CCCC)C(=O)C(C)NC(=O)OC(C)(C)C. The zero-order valence-electron chi connectivity index (χ0n) is 21.7. The Labute approximate surface area is 199 Å². The number of amides is 3. The Bertz CT molecular complexity index is 781. The second kappa shape index (κ2) is 13.2. The third-order valence-electron chi connectivity index (χ3n) is 5.09. The number of rotatable bonds is 11. The number of unbranched alkanes of at least 4 members (excludes halogenated alkanes) is 2. The molecule has 1 aromatic carbocycles. The van der Waals surface area contributed by atoms with Gasteiger partial charge in [-0.15, -0.1) is 0 Å². The first kappa shape index (κ1) is 28.5. The molecule has 7 heteroatoms. The van der Waals surface area contributed by atoms with Crippen LogP contribution < -0.4 is 10.6 Å². The van der Waals surface area contributed by atoms with Crippen molar-refractivity contribution in [3.8, 4) is 0 Å². The minimum Gasteiger partial charge on any atom is -0.444 e. The van der Waals surface area contributed by atoms with Crippen molar-refractivity contribution in [2.24, 2.45) is 0 Å². The van der Waals surface area contributed by atoms with Crippen molar-refractivity contribution in [2.45, 2.75) is 98.8 Å². The van der Waals surface area contributed by atoms with Crippen molar-refractivity contribution < 1.29 is 19.1 Å². The molecule has 0 aliphatic carbocycles. The molecule has 0 fully saturated rings. The monoisotopic (exact) mass is 461 g/mol. The summed E-state index contributed by atoms with van der Waals surface area (Å²) in [7, 11) is 0. The molecular weight excluding hydrogens is 418 g/mol. The summed E-state index contributed by atoms with van der Waals surface area (Å²) in [5.74, 6) is -0.522. The lowest BCUT2D eigenvalue weighted by Crippen LogP contribution is -2.52. The first-order chi connectivity index (χ1) is 15.4. The smallest absolute Gasteiger partial charge is 0.408 e. The van der Waals surface area contributed by atoms with Gasteiger partial charge in [0.05, 0.1) is 0 Å². The Balaban J connectivity index is 3.30. The third kappa shape index (κ3) is 9.84. The predicted octanol–water partition coefficient (Wildman–Crippen LogP) is 4.80. The summed E-state index contributed by atoms with van der Waals surface area (Å²) in [6.07, 6.45) is 2.78. The molecule has 7 nitrogen and oxygen atoms in total. The number of carbonyl (C=O) groups is 3. The lowest BCUT2D eigenvalue weighted by atomic mass is 9.98. The number of hydrogen-bond acceptors (Lipinski definition) is 4. The molecule has 1 rings (SSSR count). The molecule has 2 atom stereocenters. The molecule has 2 N–H and O–H groups in total. The average molecular weight is 462 g/mol. The fourth-order valence-electron chi connectivity index (χ4n) is 3.62. The molecule has 2 unspecified atom stereocenters. The summed E-state index contributed by atoms with van der Waals surface area (Å²) < 4.78 is 5.31. The number of alkyl carbamates (subject to hydrolysis) is 1. The molecule has 0 heterocycles. The van der Waals surface area contributed by atoms with Crippen LogP contribution in [0.15, 0.2) is 18.2 Å². The van der Waals surface area contributed by atoms with Gasteiger partial charge in [-0.3, -0.25) is 9.59 Å². The van der Waals surface area contributed by atoms with Gasteiger partial charge in [-0.05, 0) is 59.9 Å². The Morgan fingerprint density at radius 2 is 1.58 bits per heavy atom. The fraction of sp³-hybridized carbons (Fsp3) is 0.654. The van der Waals surface area contributed by atoms with Crippen LogP contribution in [0.25, 0.3) is 0 Å². The molecule has 33 heavy (non-hydrogen) atoms. The van der Waals surface area contributed by atoms with Crippen LogP contribution in [0.4, 0.5) is 4.79 Å². The molecule has 0 saturated carbocycles. The maximum Gasteiger partial charge on any atom is 0.408 e. The Hall–Kier alpha value is -2.57. The standard InChI is InChI=1S/C26H43N3O4/c1-9-11-13-27-23(30)22(21-16-18(3)15-19(4)17-21)29(14-12-10-2)24(31)20(5)28-25(32)33-26(6,7)8/h15-17,20,22H,9-14H2,1-8H3,(H,27,30)(H,28,32). The number of ether oxygens (including phenoxy) is 1. The van der Waals surface area contributed by atoms with E-state index in [0.717, 1.165) is 42.4 Å². The van der Waals surface area contributed by atoms with E-state index >= 15 is 0 Å². The number of benzene rings is 1. The molecule has 0 aliphatic heterocycles. The molecule has 186 valence electrons. The van der Waals surface area contributed by atoms with E-state index in [1.54, 1.807) is 32.6 Å². The Morgan fingerprint density at radius 3 is 2.09 bits per heavy atom. The fourth-order valence-corrected chi connectivity index (χ4v) is 3.62. The minimum absolute atomic E-state index is 0.206. The van der Waals surface area contributed by atoms with E-state index in [0.29, 0.717) is 13.1 Å². The number of nitrogens with one attached hydrogen (secondary N) is 2. The molecule has 0 radical (unpaired) electrons. The molecule has 0 aliphatic rings. The lowest BCUT2D eigenvalue weighted by molar-refractivity contribution is -0.142. The molecule has 0 saturated heterocycles. The van der Waals surface area contributed by atoms with Crippen LogP contribution in [-0.4, -0.2) is 47.5 Å². The van der Waals surface area contributed by atoms with Gasteiger partial charge in [0.2, 0.25) is 11.8 Å². The highest BCUT2D eigenvalue weighted by Crippen LogP contribution is 2.25. The summed E-state index contributed by atoms with van der Waals surface area (Å²) in [6.45, 7) is 16.0. The topological polar surface area (TPSA) is 87.7 Å². The summed E-state index contributed by atoms with van der Waals surface area (Å²) in [5, 5.41) is 5.63. The highest BCUT2D eigenvalue weighted by molar-refractivity contribution is 5.92. The van der Waals surface area contributed by atoms with Crippen LogP contribution >= 0.6 is 0 Å². The van der Waals surface area contributed by atoms with Gasteiger partial charge in [-0.2, -0.15) is 0 Å². The maximum absolute atomic E-state index is 13.5. The molecule has 0 spiro atoms. The van der Waals surface area contributed by atoms with Crippen molar-refractivity contribution in [1.29, 1.82) is 0 Å². The number of nitrogens with zero attached hydrogens (tertiary/aromatic N) is 1. The third-order valence-corrected chi connectivity index (χ3v) is 5.09. The molecule has 1 aromatic rings. The van der Waals surface area contributed by atoms with E-state index in [9.17, 15) is 14.4 Å². The van der Waals surface area contributed by atoms with Crippen LogP contribution in [0.1, 0.15) is 90.0 Å². The van der Waals surface area contributed by atoms with Crippen LogP contribution in [0.5, 0.6) is 0 Å². The largest absolute Gasteiger partial charge is 0.444 e. The number of aryl methyl sites for hydroxylation is 2. The number of carbonyl (C=O) groups excluding carboxylic acids is 3. The Morgan fingerprint density at radius 1 is 1.00 bits per heavy atom. The summed E-state index contributed by atoms with van der Waals surface area (Å²) in [6, 6.07) is 4.33. The zero-order valence-corrected chi connectivity index (χ0v) is 21.7. The van der Waals surface area contributed by atoms with Gasteiger partial charge in [-0.1, -0.05) is 56.0 Å². The van der Waals surface area contributed by atoms with Gasteiger partial charge in [0, 0.05) is 13.1 Å². The Kier molecular flexibility index (Phi) is 11.4. The summed E-state index contributed by atoms with van der Waals surface area (Å²) in [5.41, 5.74) is 2.16. The highest BCUT2D eigenvalue weighted by Gasteiger charge is 2.34. The second-order valence-electron chi connectivity index (χ2n) is 9.72. The second-order valence-corrected chi connectivity index (χ2v) is 9.72. The summed E-state index contributed by atoms with van der Waals surface area (Å²) in [4.78, 5) is 40.8. The van der Waals surface area contributed by atoms with E-state index in [2.05, 4.69) is 17.6 Å². The predicted molar refractivity (Wildman–Crippen MR) is 132 cm³/mol. The number of hydrogen-bond donors (Lipinski definition) is 2. The van der Waals surface area contributed by atoms with Gasteiger partial charge < -0.3 is 20.3 Å². The van der Waals surface area contributed by atoms with E-state index in [1.807, 2.05) is 39.0 Å².